The third-order valence-electron chi connectivity index (χ3n) is 2.32. The summed E-state index contributed by atoms with van der Waals surface area (Å²) in [5.41, 5.74) is 0. The van der Waals surface area contributed by atoms with Gasteiger partial charge in [-0.05, 0) is 34.8 Å². The summed E-state index contributed by atoms with van der Waals surface area (Å²) < 4.78 is 1.16. The Morgan fingerprint density at radius 3 is 2.79 bits per heavy atom. The standard InChI is InChI=1S/C10H15BrClNS/c1-7(4-12)8(2)13-5-10-3-9(11)6-14-10/h3,6-8,13H,4-5H2,1-2H3. The summed E-state index contributed by atoms with van der Waals surface area (Å²) in [4.78, 5) is 1.35. The van der Waals surface area contributed by atoms with E-state index < -0.39 is 0 Å². The van der Waals surface area contributed by atoms with Crippen LogP contribution in [0.15, 0.2) is 15.9 Å². The van der Waals surface area contributed by atoms with Gasteiger partial charge in [0.1, 0.15) is 0 Å². The number of hydrogen-bond donors (Lipinski definition) is 1. The fourth-order valence-corrected chi connectivity index (χ4v) is 2.71. The number of nitrogens with one attached hydrogen (secondary N) is 1. The van der Waals surface area contributed by atoms with Gasteiger partial charge in [0.2, 0.25) is 0 Å². The maximum Gasteiger partial charge on any atom is 0.0302 e. The van der Waals surface area contributed by atoms with Gasteiger partial charge in [-0.2, -0.15) is 0 Å². The van der Waals surface area contributed by atoms with Crippen molar-refractivity contribution < 1.29 is 0 Å². The molecule has 80 valence electrons. The van der Waals surface area contributed by atoms with Crippen molar-refractivity contribution in [1.29, 1.82) is 0 Å². The van der Waals surface area contributed by atoms with Crippen LogP contribution < -0.4 is 5.32 Å². The molecule has 0 spiro atoms. The fraction of sp³-hybridized carbons (Fsp3) is 0.600. The minimum atomic E-state index is 0.466. The molecule has 0 radical (unpaired) electrons. The Hall–Kier alpha value is 0.430. The van der Waals surface area contributed by atoms with Gasteiger partial charge in [-0.1, -0.05) is 6.92 Å². The van der Waals surface area contributed by atoms with Crippen molar-refractivity contribution in [3.63, 3.8) is 0 Å². The molecule has 14 heavy (non-hydrogen) atoms. The van der Waals surface area contributed by atoms with Gasteiger partial charge in [0.25, 0.3) is 0 Å². The van der Waals surface area contributed by atoms with Crippen LogP contribution >= 0.6 is 38.9 Å². The molecule has 0 bridgehead atoms. The van der Waals surface area contributed by atoms with Gasteiger partial charge in [-0.15, -0.1) is 22.9 Å². The first-order valence-corrected chi connectivity index (χ1v) is 6.86. The van der Waals surface area contributed by atoms with Crippen LogP contribution in [0.4, 0.5) is 0 Å². The maximum atomic E-state index is 5.79. The molecular weight excluding hydrogens is 282 g/mol. The molecule has 0 aliphatic carbocycles. The zero-order valence-corrected chi connectivity index (χ0v) is 11.5. The second-order valence-electron chi connectivity index (χ2n) is 3.53. The third kappa shape index (κ3) is 3.89. The van der Waals surface area contributed by atoms with Crippen molar-refractivity contribution >= 4 is 38.9 Å². The highest BCUT2D eigenvalue weighted by Crippen LogP contribution is 2.19. The van der Waals surface area contributed by atoms with E-state index in [0.717, 1.165) is 11.0 Å². The quantitative estimate of drug-likeness (QED) is 0.814. The molecule has 0 saturated carbocycles. The van der Waals surface area contributed by atoms with E-state index in [1.807, 2.05) is 0 Å². The molecule has 1 rings (SSSR count). The molecule has 0 aliphatic rings. The molecule has 1 N–H and O–H groups in total. The highest BCUT2D eigenvalue weighted by molar-refractivity contribution is 9.10. The Morgan fingerprint density at radius 2 is 2.29 bits per heavy atom. The van der Waals surface area contributed by atoms with Crippen molar-refractivity contribution in [3.8, 4) is 0 Å². The van der Waals surface area contributed by atoms with E-state index in [1.165, 1.54) is 4.88 Å². The molecule has 1 aromatic rings. The molecule has 2 atom stereocenters. The molecule has 0 saturated heterocycles. The maximum absolute atomic E-state index is 5.79. The van der Waals surface area contributed by atoms with Crippen LogP contribution in [0, 0.1) is 5.92 Å². The summed E-state index contributed by atoms with van der Waals surface area (Å²) in [6.45, 7) is 5.27. The van der Waals surface area contributed by atoms with E-state index in [-0.39, 0.29) is 0 Å². The number of rotatable bonds is 5. The summed E-state index contributed by atoms with van der Waals surface area (Å²) in [5, 5.41) is 5.57. The molecule has 4 heteroatoms. The summed E-state index contributed by atoms with van der Waals surface area (Å²) in [6.07, 6.45) is 0. The topological polar surface area (TPSA) is 12.0 Å². The first-order valence-electron chi connectivity index (χ1n) is 4.65. The molecule has 0 fully saturated rings. The Balaban J connectivity index is 2.33. The van der Waals surface area contributed by atoms with Gasteiger partial charge in [-0.25, -0.2) is 0 Å². The molecule has 1 heterocycles. The van der Waals surface area contributed by atoms with Crippen LogP contribution in [0.3, 0.4) is 0 Å². The Kier molecular flexibility index (Phi) is 5.45. The summed E-state index contributed by atoms with van der Waals surface area (Å²) in [7, 11) is 0. The third-order valence-corrected chi connectivity index (χ3v) is 4.50. The van der Waals surface area contributed by atoms with Crippen LogP contribution in [0.1, 0.15) is 18.7 Å². The zero-order chi connectivity index (χ0) is 10.6. The molecule has 1 aromatic heterocycles. The summed E-state index contributed by atoms with van der Waals surface area (Å²) >= 11 is 11.0. The van der Waals surface area contributed by atoms with Crippen LogP contribution in [-0.2, 0) is 6.54 Å². The van der Waals surface area contributed by atoms with Gasteiger partial charge < -0.3 is 5.32 Å². The Bertz CT molecular complexity index is 277. The monoisotopic (exact) mass is 295 g/mol. The number of thiophene rings is 1. The minimum absolute atomic E-state index is 0.466. The highest BCUT2D eigenvalue weighted by atomic mass is 79.9. The van der Waals surface area contributed by atoms with E-state index in [0.29, 0.717) is 17.8 Å². The van der Waals surface area contributed by atoms with E-state index in [4.69, 9.17) is 11.6 Å². The molecular formula is C10H15BrClNS. The lowest BCUT2D eigenvalue weighted by Gasteiger charge is -2.18. The van der Waals surface area contributed by atoms with Crippen LogP contribution in [0.2, 0.25) is 0 Å². The first-order chi connectivity index (χ1) is 6.63. The number of alkyl halides is 1. The summed E-state index contributed by atoms with van der Waals surface area (Å²) in [6, 6.07) is 2.61. The molecule has 1 nitrogen and oxygen atoms in total. The van der Waals surface area contributed by atoms with Crippen LogP contribution in [-0.4, -0.2) is 11.9 Å². The van der Waals surface area contributed by atoms with Crippen molar-refractivity contribution in [2.24, 2.45) is 5.92 Å². The molecule has 0 amide bonds. The van der Waals surface area contributed by atoms with E-state index in [2.05, 4.69) is 46.5 Å². The second-order valence-corrected chi connectivity index (χ2v) is 5.75. The minimum Gasteiger partial charge on any atom is -0.309 e. The SMILES string of the molecule is CC(CCl)C(C)NCc1cc(Br)cs1. The smallest absolute Gasteiger partial charge is 0.0302 e. The van der Waals surface area contributed by atoms with Crippen molar-refractivity contribution in [2.45, 2.75) is 26.4 Å². The molecule has 2 unspecified atom stereocenters. The predicted molar refractivity (Wildman–Crippen MR) is 68.2 cm³/mol. The van der Waals surface area contributed by atoms with E-state index >= 15 is 0 Å². The summed E-state index contributed by atoms with van der Waals surface area (Å²) in [5.74, 6) is 1.22. The van der Waals surface area contributed by atoms with Gasteiger partial charge in [-0.3, -0.25) is 0 Å². The largest absolute Gasteiger partial charge is 0.309 e. The zero-order valence-electron chi connectivity index (χ0n) is 8.39. The lowest BCUT2D eigenvalue weighted by Crippen LogP contribution is -2.32. The van der Waals surface area contributed by atoms with Gasteiger partial charge in [0, 0.05) is 33.2 Å². The Labute approximate surface area is 103 Å². The molecule has 0 aliphatic heterocycles. The first kappa shape index (κ1) is 12.5. The second kappa shape index (κ2) is 6.11. The van der Waals surface area contributed by atoms with Gasteiger partial charge in [0.15, 0.2) is 0 Å². The van der Waals surface area contributed by atoms with Crippen molar-refractivity contribution in [3.05, 3.63) is 20.8 Å². The average molecular weight is 297 g/mol. The van der Waals surface area contributed by atoms with Crippen LogP contribution in [0.5, 0.6) is 0 Å². The van der Waals surface area contributed by atoms with Gasteiger partial charge in [0.05, 0.1) is 0 Å². The normalized spacial score (nSPS) is 15.4. The van der Waals surface area contributed by atoms with E-state index in [1.54, 1.807) is 11.3 Å². The van der Waals surface area contributed by atoms with Crippen LogP contribution in [0.25, 0.3) is 0 Å². The van der Waals surface area contributed by atoms with Crippen molar-refractivity contribution in [2.75, 3.05) is 5.88 Å². The number of hydrogen-bond acceptors (Lipinski definition) is 2. The highest BCUT2D eigenvalue weighted by Gasteiger charge is 2.10. The lowest BCUT2D eigenvalue weighted by molar-refractivity contribution is 0.431. The fourth-order valence-electron chi connectivity index (χ4n) is 1.04. The lowest BCUT2D eigenvalue weighted by atomic mass is 10.1. The van der Waals surface area contributed by atoms with E-state index in [9.17, 15) is 0 Å². The van der Waals surface area contributed by atoms with Crippen molar-refractivity contribution in [1.82, 2.24) is 5.32 Å². The number of halogens is 2. The predicted octanol–water partition coefficient (Wildman–Crippen LogP) is 3.86. The Morgan fingerprint density at radius 1 is 1.57 bits per heavy atom. The average Bonchev–Trinajstić information content (AvgIpc) is 2.59. The van der Waals surface area contributed by atoms with Gasteiger partial charge >= 0.3 is 0 Å². The molecule has 0 aromatic carbocycles.